The maximum Gasteiger partial charge on any atom is 0.0312 e. The summed E-state index contributed by atoms with van der Waals surface area (Å²) >= 11 is 0. The van der Waals surface area contributed by atoms with Gasteiger partial charge in [0.1, 0.15) is 0 Å². The summed E-state index contributed by atoms with van der Waals surface area (Å²) in [4.78, 5) is 0. The van der Waals surface area contributed by atoms with Crippen LogP contribution in [0.25, 0.3) is 21.5 Å². The van der Waals surface area contributed by atoms with Crippen molar-refractivity contribution in [3.05, 3.63) is 107 Å². The van der Waals surface area contributed by atoms with E-state index in [1.807, 2.05) is 0 Å². The van der Waals surface area contributed by atoms with Gasteiger partial charge in [0.15, 0.2) is 0 Å². The van der Waals surface area contributed by atoms with Crippen molar-refractivity contribution in [1.29, 1.82) is 0 Å². The second kappa shape index (κ2) is 4.15. The van der Waals surface area contributed by atoms with E-state index in [0.717, 1.165) is 0 Å². The Kier molecular flexibility index (Phi) is 2.17. The van der Waals surface area contributed by atoms with Crippen LogP contribution in [0.2, 0.25) is 0 Å². The van der Waals surface area contributed by atoms with E-state index in [9.17, 15) is 0 Å². The number of fused-ring (bicyclic) bond motifs is 10. The maximum absolute atomic E-state index is 4.49. The van der Waals surface area contributed by atoms with E-state index >= 15 is 0 Å². The van der Waals surface area contributed by atoms with Crippen molar-refractivity contribution in [1.82, 2.24) is 0 Å². The van der Waals surface area contributed by atoms with Crippen LogP contribution in [0.15, 0.2) is 84.9 Å². The smallest absolute Gasteiger partial charge is 0.0312 e. The number of rotatable bonds is 0. The Morgan fingerprint density at radius 1 is 0.500 bits per heavy atom. The summed E-state index contributed by atoms with van der Waals surface area (Å²) in [5.41, 5.74) is 7.21. The normalized spacial score (nSPS) is 20.6. The molecule has 112 valence electrons. The molecule has 0 saturated heterocycles. The van der Waals surface area contributed by atoms with Gasteiger partial charge in [-0.2, -0.15) is 0 Å². The third-order valence-corrected chi connectivity index (χ3v) is 5.89. The topological polar surface area (TPSA) is 0 Å². The third kappa shape index (κ3) is 1.40. The van der Waals surface area contributed by atoms with Crippen molar-refractivity contribution in [2.75, 3.05) is 0 Å². The molecule has 0 amide bonds. The molecule has 0 unspecified atom stereocenters. The zero-order chi connectivity index (χ0) is 15.8. The minimum atomic E-state index is 0.370. The fourth-order valence-corrected chi connectivity index (χ4v) is 4.85. The lowest BCUT2D eigenvalue weighted by molar-refractivity contribution is 1.03. The zero-order valence-electron chi connectivity index (χ0n) is 13.3. The van der Waals surface area contributed by atoms with E-state index in [1.54, 1.807) is 0 Å². The van der Waals surface area contributed by atoms with Gasteiger partial charge in [-0.3, -0.25) is 0 Å². The molecule has 0 spiro atoms. The molecule has 0 aromatic heterocycles. The Bertz CT molecular complexity index is 1000. The minimum Gasteiger partial charge on any atom is -0.0979 e. The van der Waals surface area contributed by atoms with Crippen LogP contribution in [0.4, 0.5) is 0 Å². The van der Waals surface area contributed by atoms with Gasteiger partial charge in [0, 0.05) is 11.8 Å². The summed E-state index contributed by atoms with van der Waals surface area (Å²) in [6.45, 7) is 4.49. The molecule has 6 rings (SSSR count). The Morgan fingerprint density at radius 3 is 1.08 bits per heavy atom. The summed E-state index contributed by atoms with van der Waals surface area (Å²) in [5.74, 6) is 0.739. The van der Waals surface area contributed by atoms with Crippen molar-refractivity contribution < 1.29 is 0 Å². The first-order valence-electron chi connectivity index (χ1n) is 8.55. The molecule has 0 saturated carbocycles. The van der Waals surface area contributed by atoms with Crippen LogP contribution in [-0.4, -0.2) is 0 Å². The number of hydrogen-bond acceptors (Lipinski definition) is 0. The van der Waals surface area contributed by atoms with Crippen LogP contribution in [0.5, 0.6) is 0 Å². The first-order valence-corrected chi connectivity index (χ1v) is 8.55. The van der Waals surface area contributed by atoms with Crippen LogP contribution in [-0.2, 0) is 0 Å². The van der Waals surface area contributed by atoms with Crippen LogP contribution < -0.4 is 0 Å². The molecule has 0 atom stereocenters. The molecule has 0 heterocycles. The summed E-state index contributed by atoms with van der Waals surface area (Å²) in [5, 5.41) is 5.33. The van der Waals surface area contributed by atoms with Crippen molar-refractivity contribution in [2.24, 2.45) is 0 Å². The lowest BCUT2D eigenvalue weighted by Crippen LogP contribution is -2.03. The number of hydrogen-bond donors (Lipinski definition) is 0. The van der Waals surface area contributed by atoms with Gasteiger partial charge < -0.3 is 0 Å². The van der Waals surface area contributed by atoms with Gasteiger partial charge in [-0.05, 0) is 68.1 Å². The molecule has 4 aromatic carbocycles. The largest absolute Gasteiger partial charge is 0.0979 e. The van der Waals surface area contributed by atoms with Crippen LogP contribution in [0.3, 0.4) is 0 Å². The van der Waals surface area contributed by atoms with Gasteiger partial charge in [-0.1, -0.05) is 60.7 Å². The molecule has 0 radical (unpaired) electrons. The van der Waals surface area contributed by atoms with Crippen LogP contribution >= 0.6 is 0 Å². The minimum absolute atomic E-state index is 0.370. The first kappa shape index (κ1) is 12.5. The third-order valence-electron chi connectivity index (χ3n) is 5.89. The molecule has 2 aliphatic carbocycles. The van der Waals surface area contributed by atoms with Gasteiger partial charge in [0.25, 0.3) is 0 Å². The standard InChI is InChI=1S/C24H16/c1-14-23-19-10-15-6-2-3-7-16(15)11-20(19)24(14)22-13-18-9-5-4-8-17(18)12-21(22)23/h2-13,23-24H,1H2. The zero-order valence-corrected chi connectivity index (χ0v) is 13.3. The molecule has 2 bridgehead atoms. The predicted molar refractivity (Wildman–Crippen MR) is 101 cm³/mol. The average molecular weight is 304 g/mol. The van der Waals surface area contributed by atoms with E-state index in [1.165, 1.54) is 49.4 Å². The summed E-state index contributed by atoms with van der Waals surface area (Å²) in [6, 6.07) is 26.9. The molecule has 0 heteroatoms. The van der Waals surface area contributed by atoms with Crippen molar-refractivity contribution >= 4 is 21.5 Å². The summed E-state index contributed by atoms with van der Waals surface area (Å²) in [7, 11) is 0. The molecule has 2 aliphatic rings. The fourth-order valence-electron chi connectivity index (χ4n) is 4.85. The highest BCUT2D eigenvalue weighted by Gasteiger charge is 2.44. The Labute approximate surface area is 141 Å². The lowest BCUT2D eigenvalue weighted by atomic mass is 9.83. The van der Waals surface area contributed by atoms with Crippen molar-refractivity contribution in [2.45, 2.75) is 11.8 Å². The highest BCUT2D eigenvalue weighted by atomic mass is 14.5. The van der Waals surface area contributed by atoms with Gasteiger partial charge in [0.05, 0.1) is 0 Å². The van der Waals surface area contributed by atoms with E-state index in [0.29, 0.717) is 11.8 Å². The van der Waals surface area contributed by atoms with E-state index in [2.05, 4.69) is 79.4 Å². The summed E-state index contributed by atoms with van der Waals surface area (Å²) < 4.78 is 0. The number of benzene rings is 4. The van der Waals surface area contributed by atoms with E-state index in [4.69, 9.17) is 0 Å². The average Bonchev–Trinajstić information content (AvgIpc) is 3.05. The molecule has 4 aromatic rings. The molecule has 0 nitrogen and oxygen atoms in total. The molecular formula is C24H16. The Balaban J connectivity index is 1.68. The molecule has 0 N–H and O–H groups in total. The predicted octanol–water partition coefficient (Wildman–Crippen LogP) is 6.14. The van der Waals surface area contributed by atoms with E-state index in [-0.39, 0.29) is 0 Å². The molecular weight excluding hydrogens is 288 g/mol. The second-order valence-electron chi connectivity index (χ2n) is 7.10. The Hall–Kier alpha value is -2.86. The van der Waals surface area contributed by atoms with Crippen molar-refractivity contribution in [3.63, 3.8) is 0 Å². The van der Waals surface area contributed by atoms with Crippen LogP contribution in [0.1, 0.15) is 34.1 Å². The summed E-state index contributed by atoms with van der Waals surface area (Å²) in [6.07, 6.45) is 0. The SMILES string of the molecule is C=C1C2c3cc4ccccc4cc3C1c1cc3ccccc3cc12. The van der Waals surface area contributed by atoms with Gasteiger partial charge >= 0.3 is 0 Å². The highest BCUT2D eigenvalue weighted by molar-refractivity contribution is 5.90. The molecule has 24 heavy (non-hydrogen) atoms. The lowest BCUT2D eigenvalue weighted by Gasteiger charge is -2.20. The quantitative estimate of drug-likeness (QED) is 0.342. The first-order chi connectivity index (χ1) is 11.8. The monoisotopic (exact) mass is 304 g/mol. The molecule has 0 fully saturated rings. The maximum atomic E-state index is 4.49. The highest BCUT2D eigenvalue weighted by Crippen LogP contribution is 2.60. The number of allylic oxidation sites excluding steroid dienone is 1. The van der Waals surface area contributed by atoms with Gasteiger partial charge in [-0.25, -0.2) is 0 Å². The van der Waals surface area contributed by atoms with E-state index < -0.39 is 0 Å². The van der Waals surface area contributed by atoms with Crippen LogP contribution in [0, 0.1) is 0 Å². The molecule has 0 aliphatic heterocycles. The fraction of sp³-hybridized carbons (Fsp3) is 0.0833. The van der Waals surface area contributed by atoms with Gasteiger partial charge in [-0.15, -0.1) is 0 Å². The van der Waals surface area contributed by atoms with Crippen molar-refractivity contribution in [3.8, 4) is 0 Å². The second-order valence-corrected chi connectivity index (χ2v) is 7.10. The Morgan fingerprint density at radius 2 is 0.792 bits per heavy atom. The van der Waals surface area contributed by atoms with Gasteiger partial charge in [0.2, 0.25) is 0 Å².